The lowest BCUT2D eigenvalue weighted by Gasteiger charge is -2.24. The van der Waals surface area contributed by atoms with Gasteiger partial charge >= 0.3 is 0 Å². The molecule has 4 heteroatoms. The summed E-state index contributed by atoms with van der Waals surface area (Å²) in [5, 5.41) is 3.62. The molecular weight excluding hydrogens is 238 g/mol. The lowest BCUT2D eigenvalue weighted by Crippen LogP contribution is -2.40. The highest BCUT2D eigenvalue weighted by molar-refractivity contribution is 4.80. The molecule has 1 aliphatic heterocycles. The number of hydrogen-bond donors (Lipinski definition) is 1. The molecule has 0 spiro atoms. The normalized spacial score (nSPS) is 21.5. The van der Waals surface area contributed by atoms with Crippen LogP contribution in [-0.4, -0.2) is 75.4 Å². The van der Waals surface area contributed by atoms with Crippen LogP contribution in [0.2, 0.25) is 0 Å². The third-order valence-corrected chi connectivity index (χ3v) is 3.77. The summed E-state index contributed by atoms with van der Waals surface area (Å²) in [7, 11) is 3.94. The Labute approximate surface area is 119 Å². The lowest BCUT2D eigenvalue weighted by molar-refractivity contribution is 0.153. The molecule has 0 aromatic rings. The topological polar surface area (TPSA) is 27.7 Å². The average Bonchev–Trinajstić information content (AvgIpc) is 2.78. The molecule has 0 radical (unpaired) electrons. The number of ether oxygens (including phenoxy) is 1. The van der Waals surface area contributed by atoms with Gasteiger partial charge in [0, 0.05) is 38.8 Å². The summed E-state index contributed by atoms with van der Waals surface area (Å²) >= 11 is 0. The molecule has 0 bridgehead atoms. The van der Waals surface area contributed by atoms with Gasteiger partial charge in [0.15, 0.2) is 0 Å². The quantitative estimate of drug-likeness (QED) is 0.720. The minimum absolute atomic E-state index is 0.244. The summed E-state index contributed by atoms with van der Waals surface area (Å²) in [6.07, 6.45) is 1.34. The SMILES string of the molecule is COCCN(C)CCN1CCC(CNC(C)(C)C)C1. The van der Waals surface area contributed by atoms with Crippen molar-refractivity contribution in [3.63, 3.8) is 0 Å². The molecule has 1 unspecified atom stereocenters. The van der Waals surface area contributed by atoms with Gasteiger partial charge in [0.25, 0.3) is 0 Å². The maximum absolute atomic E-state index is 5.10. The fourth-order valence-corrected chi connectivity index (χ4v) is 2.40. The van der Waals surface area contributed by atoms with E-state index < -0.39 is 0 Å². The molecule has 19 heavy (non-hydrogen) atoms. The van der Waals surface area contributed by atoms with Gasteiger partial charge < -0.3 is 19.9 Å². The first-order valence-corrected chi connectivity index (χ1v) is 7.55. The van der Waals surface area contributed by atoms with Crippen LogP contribution in [0.1, 0.15) is 27.2 Å². The van der Waals surface area contributed by atoms with Crippen molar-refractivity contribution in [1.82, 2.24) is 15.1 Å². The Morgan fingerprint density at radius 3 is 2.68 bits per heavy atom. The van der Waals surface area contributed by atoms with Gasteiger partial charge in [-0.25, -0.2) is 0 Å². The number of nitrogens with zero attached hydrogens (tertiary/aromatic N) is 2. The molecule has 1 aliphatic rings. The van der Waals surface area contributed by atoms with E-state index >= 15 is 0 Å². The Kier molecular flexibility index (Phi) is 7.29. The molecule has 1 atom stereocenters. The van der Waals surface area contributed by atoms with E-state index in [0.717, 1.165) is 32.2 Å². The molecule has 1 rings (SSSR count). The van der Waals surface area contributed by atoms with Crippen molar-refractivity contribution in [1.29, 1.82) is 0 Å². The number of nitrogens with one attached hydrogen (secondary N) is 1. The monoisotopic (exact) mass is 271 g/mol. The van der Waals surface area contributed by atoms with Gasteiger partial charge in [0.05, 0.1) is 6.61 Å². The third kappa shape index (κ3) is 7.88. The number of likely N-dealkylation sites (tertiary alicyclic amines) is 1. The fourth-order valence-electron chi connectivity index (χ4n) is 2.40. The smallest absolute Gasteiger partial charge is 0.0589 e. The van der Waals surface area contributed by atoms with E-state index in [1.54, 1.807) is 7.11 Å². The van der Waals surface area contributed by atoms with Crippen molar-refractivity contribution in [2.45, 2.75) is 32.7 Å². The summed E-state index contributed by atoms with van der Waals surface area (Å²) < 4.78 is 5.10. The number of hydrogen-bond acceptors (Lipinski definition) is 4. The average molecular weight is 271 g/mol. The Morgan fingerprint density at radius 1 is 1.32 bits per heavy atom. The van der Waals surface area contributed by atoms with E-state index in [0.29, 0.717) is 0 Å². The van der Waals surface area contributed by atoms with Gasteiger partial charge in [-0.1, -0.05) is 0 Å². The first kappa shape index (κ1) is 16.9. The molecule has 4 nitrogen and oxygen atoms in total. The van der Waals surface area contributed by atoms with Crippen molar-refractivity contribution >= 4 is 0 Å². The van der Waals surface area contributed by atoms with Crippen molar-refractivity contribution in [3.05, 3.63) is 0 Å². The van der Waals surface area contributed by atoms with Gasteiger partial charge in [-0.2, -0.15) is 0 Å². The van der Waals surface area contributed by atoms with Crippen molar-refractivity contribution in [2.24, 2.45) is 5.92 Å². The number of likely N-dealkylation sites (N-methyl/N-ethyl adjacent to an activating group) is 1. The fraction of sp³-hybridized carbons (Fsp3) is 1.00. The molecule has 1 saturated heterocycles. The summed E-state index contributed by atoms with van der Waals surface area (Å²) in [4.78, 5) is 4.95. The molecular formula is C15H33N3O. The maximum Gasteiger partial charge on any atom is 0.0589 e. The Morgan fingerprint density at radius 2 is 2.05 bits per heavy atom. The molecule has 1 N–H and O–H groups in total. The van der Waals surface area contributed by atoms with Crippen LogP contribution in [0.3, 0.4) is 0 Å². The molecule has 0 aromatic carbocycles. The highest BCUT2D eigenvalue weighted by Gasteiger charge is 2.23. The van der Waals surface area contributed by atoms with Crippen molar-refractivity contribution in [3.8, 4) is 0 Å². The van der Waals surface area contributed by atoms with Gasteiger partial charge in [0.1, 0.15) is 0 Å². The third-order valence-electron chi connectivity index (χ3n) is 3.77. The van der Waals surface area contributed by atoms with E-state index in [1.165, 1.54) is 26.1 Å². The zero-order chi connectivity index (χ0) is 14.3. The van der Waals surface area contributed by atoms with Crippen LogP contribution in [0, 0.1) is 5.92 Å². The van der Waals surface area contributed by atoms with Crippen LogP contribution in [0.4, 0.5) is 0 Å². The van der Waals surface area contributed by atoms with Crippen molar-refractivity contribution < 1.29 is 4.74 Å². The lowest BCUT2D eigenvalue weighted by atomic mass is 10.1. The van der Waals surface area contributed by atoms with E-state index in [4.69, 9.17) is 4.74 Å². The Hall–Kier alpha value is -0.160. The highest BCUT2D eigenvalue weighted by Crippen LogP contribution is 2.16. The second-order valence-corrected chi connectivity index (χ2v) is 6.88. The van der Waals surface area contributed by atoms with Crippen LogP contribution in [-0.2, 0) is 4.74 Å². The highest BCUT2D eigenvalue weighted by atomic mass is 16.5. The van der Waals surface area contributed by atoms with Gasteiger partial charge in [-0.15, -0.1) is 0 Å². The summed E-state index contributed by atoms with van der Waals surface area (Å²) in [6.45, 7) is 14.6. The Bertz CT molecular complexity index is 240. The minimum atomic E-state index is 0.244. The van der Waals surface area contributed by atoms with Gasteiger partial charge in [0.2, 0.25) is 0 Å². The molecule has 0 amide bonds. The van der Waals surface area contributed by atoms with Gasteiger partial charge in [-0.3, -0.25) is 0 Å². The molecule has 1 fully saturated rings. The van der Waals surface area contributed by atoms with Crippen molar-refractivity contribution in [2.75, 3.05) is 60.0 Å². The largest absolute Gasteiger partial charge is 0.383 e. The van der Waals surface area contributed by atoms with Crippen LogP contribution < -0.4 is 5.32 Å². The van der Waals surface area contributed by atoms with E-state index in [-0.39, 0.29) is 5.54 Å². The summed E-state index contributed by atoms with van der Waals surface area (Å²) in [5.74, 6) is 0.823. The summed E-state index contributed by atoms with van der Waals surface area (Å²) in [5.41, 5.74) is 0.244. The molecule has 114 valence electrons. The van der Waals surface area contributed by atoms with Crippen LogP contribution in [0.5, 0.6) is 0 Å². The number of methoxy groups -OCH3 is 1. The van der Waals surface area contributed by atoms with E-state index in [2.05, 4.69) is 42.9 Å². The van der Waals surface area contributed by atoms with Crippen LogP contribution in [0.25, 0.3) is 0 Å². The van der Waals surface area contributed by atoms with Gasteiger partial charge in [-0.05, 0) is 53.2 Å². The predicted octanol–water partition coefficient (Wildman–Crippen LogP) is 1.27. The van der Waals surface area contributed by atoms with Crippen LogP contribution >= 0.6 is 0 Å². The first-order chi connectivity index (χ1) is 8.90. The zero-order valence-electron chi connectivity index (χ0n) is 13.5. The zero-order valence-corrected chi connectivity index (χ0v) is 13.5. The minimum Gasteiger partial charge on any atom is -0.383 e. The Balaban J connectivity index is 2.11. The maximum atomic E-state index is 5.10. The summed E-state index contributed by atoms with van der Waals surface area (Å²) in [6, 6.07) is 0. The van der Waals surface area contributed by atoms with Crippen LogP contribution in [0.15, 0.2) is 0 Å². The standard InChI is InChI=1S/C15H33N3O/c1-15(2,3)16-12-14-6-7-18(13-14)9-8-17(4)10-11-19-5/h14,16H,6-13H2,1-5H3. The second-order valence-electron chi connectivity index (χ2n) is 6.88. The second kappa shape index (κ2) is 8.20. The number of rotatable bonds is 8. The van der Waals surface area contributed by atoms with E-state index in [1.807, 2.05) is 0 Å². The van der Waals surface area contributed by atoms with E-state index in [9.17, 15) is 0 Å². The molecule has 0 aromatic heterocycles. The predicted molar refractivity (Wildman–Crippen MR) is 81.7 cm³/mol. The molecule has 0 aliphatic carbocycles. The first-order valence-electron chi connectivity index (χ1n) is 7.55. The molecule has 1 heterocycles. The molecule has 0 saturated carbocycles.